The number of methoxy groups -OCH3 is 1. The Morgan fingerprint density at radius 2 is 1.94 bits per heavy atom. The molecule has 7 heteroatoms. The molecule has 3 aromatic rings. The zero-order valence-corrected chi connectivity index (χ0v) is 21.3. The molecule has 0 bridgehead atoms. The Morgan fingerprint density at radius 3 is 2.63 bits per heavy atom. The molecular formula is C28H35N3O4. The lowest BCUT2D eigenvalue weighted by Crippen LogP contribution is -2.51. The predicted octanol–water partition coefficient (Wildman–Crippen LogP) is 4.62. The van der Waals surface area contributed by atoms with Crippen molar-refractivity contribution in [1.82, 2.24) is 15.2 Å². The number of nitrogens with zero attached hydrogens (tertiary/aromatic N) is 1. The van der Waals surface area contributed by atoms with E-state index in [-0.39, 0.29) is 17.7 Å². The molecule has 2 unspecified atom stereocenters. The summed E-state index contributed by atoms with van der Waals surface area (Å²) in [6.07, 6.45) is 1.87. The quantitative estimate of drug-likeness (QED) is 0.543. The van der Waals surface area contributed by atoms with Gasteiger partial charge >= 0.3 is 0 Å². The number of aromatic amines is 1. The fourth-order valence-corrected chi connectivity index (χ4v) is 4.58. The van der Waals surface area contributed by atoms with Gasteiger partial charge in [-0.3, -0.25) is 9.59 Å². The van der Waals surface area contributed by atoms with Crippen LogP contribution in [-0.2, 0) is 16.0 Å². The number of fused-ring (bicyclic) bond motifs is 2. The van der Waals surface area contributed by atoms with Gasteiger partial charge in [-0.1, -0.05) is 32.0 Å². The van der Waals surface area contributed by atoms with Gasteiger partial charge in [0.25, 0.3) is 5.91 Å². The Morgan fingerprint density at radius 1 is 1.20 bits per heavy atom. The van der Waals surface area contributed by atoms with Crippen molar-refractivity contribution < 1.29 is 19.1 Å². The molecule has 4 rings (SSSR count). The molecule has 1 aromatic heterocycles. The van der Waals surface area contributed by atoms with Crippen molar-refractivity contribution in [3.8, 4) is 11.5 Å². The average Bonchev–Trinajstić information content (AvgIpc) is 3.16. The number of nitrogens with one attached hydrogen (secondary N) is 2. The van der Waals surface area contributed by atoms with Crippen molar-refractivity contribution in [1.29, 1.82) is 0 Å². The van der Waals surface area contributed by atoms with Gasteiger partial charge in [0, 0.05) is 40.8 Å². The Kier molecular flexibility index (Phi) is 6.79. The third-order valence-electron chi connectivity index (χ3n) is 6.26. The number of hydrogen-bond donors (Lipinski definition) is 2. The highest BCUT2D eigenvalue weighted by molar-refractivity contribution is 5.92. The summed E-state index contributed by atoms with van der Waals surface area (Å²) in [7, 11) is 1.58. The van der Waals surface area contributed by atoms with E-state index in [4.69, 9.17) is 9.47 Å². The zero-order chi connectivity index (χ0) is 25.3. The summed E-state index contributed by atoms with van der Waals surface area (Å²) >= 11 is 0. The summed E-state index contributed by atoms with van der Waals surface area (Å²) in [5, 5.41) is 4.20. The summed E-state index contributed by atoms with van der Waals surface area (Å²) in [6.45, 7) is 10.1. The molecule has 0 saturated heterocycles. The number of carbonyl (C=O) groups is 2. The van der Waals surface area contributed by atoms with Crippen LogP contribution >= 0.6 is 0 Å². The maximum atomic E-state index is 13.9. The zero-order valence-electron chi connectivity index (χ0n) is 21.3. The predicted molar refractivity (Wildman–Crippen MR) is 137 cm³/mol. The van der Waals surface area contributed by atoms with Gasteiger partial charge in [0.1, 0.15) is 17.5 Å². The minimum atomic E-state index is -0.823. The first kappa shape index (κ1) is 24.6. The van der Waals surface area contributed by atoms with E-state index in [1.54, 1.807) is 24.1 Å². The smallest absolute Gasteiger partial charge is 0.264 e. The van der Waals surface area contributed by atoms with E-state index in [0.717, 1.165) is 16.5 Å². The number of rotatable bonds is 6. The number of hydrogen-bond acceptors (Lipinski definition) is 4. The molecule has 0 saturated carbocycles. The van der Waals surface area contributed by atoms with E-state index in [2.05, 4.69) is 16.4 Å². The summed E-state index contributed by atoms with van der Waals surface area (Å²) in [4.78, 5) is 32.6. The van der Waals surface area contributed by atoms with Crippen molar-refractivity contribution in [2.24, 2.45) is 5.92 Å². The normalized spacial score (nSPS) is 18.3. The molecule has 186 valence electrons. The summed E-state index contributed by atoms with van der Waals surface area (Å²) in [5.74, 6) is 0.607. The van der Waals surface area contributed by atoms with Crippen LogP contribution in [0.3, 0.4) is 0 Å². The highest BCUT2D eigenvalue weighted by Crippen LogP contribution is 2.38. The standard InChI is InChI=1S/C28H35N3O4/c1-17(2)25-27(33)31(14-13-18-16-29-22-10-8-7-9-20(18)22)24(26(32)30-28(3,4)5)21-12-11-19(34-6)15-23(21)35-25/h7-12,15-17,24-25,29H,13-14H2,1-6H3,(H,30,32). The van der Waals surface area contributed by atoms with Crippen LogP contribution in [0.2, 0.25) is 0 Å². The summed E-state index contributed by atoms with van der Waals surface area (Å²) in [6, 6.07) is 12.7. The molecule has 0 radical (unpaired) electrons. The van der Waals surface area contributed by atoms with Crippen molar-refractivity contribution in [3.63, 3.8) is 0 Å². The van der Waals surface area contributed by atoms with Crippen molar-refractivity contribution in [3.05, 3.63) is 59.8 Å². The fraction of sp³-hybridized carbons (Fsp3) is 0.429. The average molecular weight is 478 g/mol. The highest BCUT2D eigenvalue weighted by Gasteiger charge is 2.42. The first-order valence-electron chi connectivity index (χ1n) is 12.1. The van der Waals surface area contributed by atoms with Gasteiger partial charge in [-0.2, -0.15) is 0 Å². The lowest BCUT2D eigenvalue weighted by Gasteiger charge is -2.33. The van der Waals surface area contributed by atoms with Crippen LogP contribution in [0.15, 0.2) is 48.7 Å². The Bertz CT molecular complexity index is 1220. The summed E-state index contributed by atoms with van der Waals surface area (Å²) < 4.78 is 11.7. The molecule has 2 N–H and O–H groups in total. The molecule has 0 aliphatic carbocycles. The van der Waals surface area contributed by atoms with Gasteiger partial charge in [-0.25, -0.2) is 0 Å². The molecule has 2 aromatic carbocycles. The van der Waals surface area contributed by atoms with Crippen LogP contribution in [0, 0.1) is 5.92 Å². The van der Waals surface area contributed by atoms with Crippen LogP contribution in [0.25, 0.3) is 10.9 Å². The first-order valence-corrected chi connectivity index (χ1v) is 12.1. The lowest BCUT2D eigenvalue weighted by molar-refractivity contribution is -0.146. The van der Waals surface area contributed by atoms with E-state index in [9.17, 15) is 9.59 Å². The molecular weight excluding hydrogens is 442 g/mol. The molecule has 2 amide bonds. The molecule has 1 aliphatic heterocycles. The largest absolute Gasteiger partial charge is 0.497 e. The van der Waals surface area contributed by atoms with E-state index in [1.165, 1.54) is 0 Å². The van der Waals surface area contributed by atoms with Gasteiger partial charge in [-0.15, -0.1) is 0 Å². The van der Waals surface area contributed by atoms with Crippen molar-refractivity contribution in [2.75, 3.05) is 13.7 Å². The second kappa shape index (κ2) is 9.64. The van der Waals surface area contributed by atoms with Gasteiger partial charge in [0.05, 0.1) is 7.11 Å². The van der Waals surface area contributed by atoms with Crippen LogP contribution in [0.5, 0.6) is 11.5 Å². The topological polar surface area (TPSA) is 83.7 Å². The number of para-hydroxylation sites is 1. The SMILES string of the molecule is COc1ccc2c(c1)OC(C(C)C)C(=O)N(CCc1c[nH]c3ccccc13)C2C(=O)NC(C)(C)C. The lowest BCUT2D eigenvalue weighted by atomic mass is 9.99. The number of carbonyl (C=O) groups excluding carboxylic acids is 2. The maximum Gasteiger partial charge on any atom is 0.264 e. The van der Waals surface area contributed by atoms with E-state index < -0.39 is 17.7 Å². The number of aromatic nitrogens is 1. The number of ether oxygens (including phenoxy) is 2. The third-order valence-corrected chi connectivity index (χ3v) is 6.26. The van der Waals surface area contributed by atoms with E-state index in [1.807, 2.05) is 65.1 Å². The van der Waals surface area contributed by atoms with Crippen LogP contribution < -0.4 is 14.8 Å². The minimum Gasteiger partial charge on any atom is -0.497 e. The molecule has 2 atom stereocenters. The minimum absolute atomic E-state index is 0.0819. The number of amides is 2. The van der Waals surface area contributed by atoms with Gasteiger partial charge in [0.15, 0.2) is 6.10 Å². The molecule has 0 spiro atoms. The fourth-order valence-electron chi connectivity index (χ4n) is 4.58. The Balaban J connectivity index is 1.78. The molecule has 1 aliphatic rings. The first-order chi connectivity index (χ1) is 16.6. The second-order valence-corrected chi connectivity index (χ2v) is 10.5. The van der Waals surface area contributed by atoms with Crippen LogP contribution in [0.4, 0.5) is 0 Å². The van der Waals surface area contributed by atoms with Crippen molar-refractivity contribution in [2.45, 2.75) is 58.7 Å². The molecule has 0 fully saturated rings. The second-order valence-electron chi connectivity index (χ2n) is 10.5. The van der Waals surface area contributed by atoms with Gasteiger partial charge < -0.3 is 24.7 Å². The number of H-pyrrole nitrogens is 1. The molecule has 35 heavy (non-hydrogen) atoms. The molecule has 2 heterocycles. The highest BCUT2D eigenvalue weighted by atomic mass is 16.5. The van der Waals surface area contributed by atoms with Gasteiger partial charge in [0.2, 0.25) is 5.91 Å². The van der Waals surface area contributed by atoms with Crippen molar-refractivity contribution >= 4 is 22.7 Å². The Labute approximate surface area is 206 Å². The van der Waals surface area contributed by atoms with Gasteiger partial charge in [-0.05, 0) is 56.9 Å². The molecule has 7 nitrogen and oxygen atoms in total. The third kappa shape index (κ3) is 5.14. The van der Waals surface area contributed by atoms with E-state index in [0.29, 0.717) is 30.0 Å². The van der Waals surface area contributed by atoms with Crippen LogP contribution in [-0.4, -0.2) is 47.0 Å². The maximum absolute atomic E-state index is 13.9. The monoisotopic (exact) mass is 477 g/mol. The number of benzene rings is 2. The summed E-state index contributed by atoms with van der Waals surface area (Å²) in [5.41, 5.74) is 2.35. The van der Waals surface area contributed by atoms with Crippen LogP contribution in [0.1, 0.15) is 51.8 Å². The van der Waals surface area contributed by atoms with E-state index >= 15 is 0 Å². The Hall–Kier alpha value is -3.48.